The molecule has 0 aliphatic carbocycles. The van der Waals surface area contributed by atoms with Crippen LogP contribution in [0.2, 0.25) is 0 Å². The lowest BCUT2D eigenvalue weighted by atomic mass is 9.99. The van der Waals surface area contributed by atoms with E-state index < -0.39 is 0 Å². The third-order valence-corrected chi connectivity index (χ3v) is 5.77. The molecule has 1 aromatic carbocycles. The van der Waals surface area contributed by atoms with Gasteiger partial charge in [-0.1, -0.05) is 34.1 Å². The third-order valence-electron chi connectivity index (χ3n) is 3.84. The lowest BCUT2D eigenvalue weighted by molar-refractivity contribution is -0.132. The molecule has 2 heterocycles. The van der Waals surface area contributed by atoms with Crippen molar-refractivity contribution < 1.29 is 4.79 Å². The van der Waals surface area contributed by atoms with E-state index in [4.69, 9.17) is 0 Å². The van der Waals surface area contributed by atoms with Crippen molar-refractivity contribution in [1.29, 1.82) is 0 Å². The van der Waals surface area contributed by atoms with Gasteiger partial charge >= 0.3 is 0 Å². The van der Waals surface area contributed by atoms with Crippen molar-refractivity contribution in [2.45, 2.75) is 29.7 Å². The second-order valence-electron chi connectivity index (χ2n) is 4.88. The van der Waals surface area contributed by atoms with Crippen LogP contribution in [0.15, 0.2) is 29.2 Å². The van der Waals surface area contributed by atoms with E-state index in [0.29, 0.717) is 11.9 Å². The molecule has 96 valence electrons. The molecule has 2 atom stereocenters. The number of nitrogens with zero attached hydrogens (tertiary/aromatic N) is 1. The molecular formula is C14H16BrNOS. The molecule has 0 N–H and O–H groups in total. The zero-order valence-electron chi connectivity index (χ0n) is 10.1. The molecule has 0 bridgehead atoms. The Morgan fingerprint density at radius 2 is 2.28 bits per heavy atom. The van der Waals surface area contributed by atoms with Gasteiger partial charge in [-0.15, -0.1) is 11.8 Å². The van der Waals surface area contributed by atoms with Gasteiger partial charge < -0.3 is 4.90 Å². The molecule has 4 heteroatoms. The van der Waals surface area contributed by atoms with Crippen LogP contribution >= 0.6 is 27.7 Å². The van der Waals surface area contributed by atoms with Crippen molar-refractivity contribution in [3.05, 3.63) is 29.8 Å². The van der Waals surface area contributed by atoms with Gasteiger partial charge in [-0.3, -0.25) is 4.79 Å². The molecule has 2 nitrogen and oxygen atoms in total. The predicted octanol–water partition coefficient (Wildman–Crippen LogP) is 3.26. The number of thioether (sulfide) groups is 1. The van der Waals surface area contributed by atoms with Gasteiger partial charge in [0.1, 0.15) is 0 Å². The zero-order chi connectivity index (χ0) is 12.5. The van der Waals surface area contributed by atoms with E-state index in [1.54, 1.807) is 0 Å². The number of hydrogen-bond acceptors (Lipinski definition) is 2. The average molecular weight is 326 g/mol. The van der Waals surface area contributed by atoms with Gasteiger partial charge in [0, 0.05) is 28.6 Å². The highest BCUT2D eigenvalue weighted by Crippen LogP contribution is 2.41. The van der Waals surface area contributed by atoms with Crippen LogP contribution in [0.3, 0.4) is 0 Å². The fraction of sp³-hybridized carbons (Fsp3) is 0.500. The molecule has 0 spiro atoms. The molecule has 0 radical (unpaired) electrons. The Morgan fingerprint density at radius 3 is 3.11 bits per heavy atom. The van der Waals surface area contributed by atoms with Crippen molar-refractivity contribution >= 4 is 33.6 Å². The molecule has 3 rings (SSSR count). The van der Waals surface area contributed by atoms with E-state index in [-0.39, 0.29) is 5.92 Å². The van der Waals surface area contributed by atoms with Gasteiger partial charge in [0.25, 0.3) is 0 Å². The van der Waals surface area contributed by atoms with E-state index >= 15 is 0 Å². The summed E-state index contributed by atoms with van der Waals surface area (Å²) < 4.78 is 0. The minimum Gasteiger partial charge on any atom is -0.338 e. The number of rotatable bonds is 2. The number of hydrogen-bond donors (Lipinski definition) is 0. The van der Waals surface area contributed by atoms with Crippen molar-refractivity contribution in [2.75, 3.05) is 17.6 Å². The molecule has 1 saturated heterocycles. The van der Waals surface area contributed by atoms with Gasteiger partial charge in [-0.2, -0.15) is 0 Å². The molecule has 2 unspecified atom stereocenters. The van der Waals surface area contributed by atoms with Crippen LogP contribution in [0, 0.1) is 0 Å². The summed E-state index contributed by atoms with van der Waals surface area (Å²) in [7, 11) is 0. The lowest BCUT2D eigenvalue weighted by Gasteiger charge is -2.26. The van der Waals surface area contributed by atoms with Crippen molar-refractivity contribution in [3.8, 4) is 0 Å². The second-order valence-corrected chi connectivity index (χ2v) is 6.59. The molecule has 1 amide bonds. The predicted molar refractivity (Wildman–Crippen MR) is 78.4 cm³/mol. The van der Waals surface area contributed by atoms with Crippen molar-refractivity contribution in [3.63, 3.8) is 0 Å². The lowest BCUT2D eigenvalue weighted by Crippen LogP contribution is -2.39. The Hall–Kier alpha value is -0.480. The normalized spacial score (nSPS) is 26.4. The number of amides is 1. The second kappa shape index (κ2) is 5.25. The number of likely N-dealkylation sites (tertiary alicyclic amines) is 1. The quantitative estimate of drug-likeness (QED) is 0.778. The van der Waals surface area contributed by atoms with E-state index in [1.165, 1.54) is 10.5 Å². The van der Waals surface area contributed by atoms with Gasteiger partial charge in [0.15, 0.2) is 0 Å². The maximum Gasteiger partial charge on any atom is 0.231 e. The number of benzene rings is 1. The first kappa shape index (κ1) is 12.5. The Labute approximate surface area is 120 Å². The molecule has 2 aliphatic rings. The molecule has 1 aromatic rings. The highest BCUT2D eigenvalue weighted by molar-refractivity contribution is 9.09. The van der Waals surface area contributed by atoms with Gasteiger partial charge in [-0.05, 0) is 24.5 Å². The first-order valence-corrected chi connectivity index (χ1v) is 8.50. The minimum atomic E-state index is 0.0749. The summed E-state index contributed by atoms with van der Waals surface area (Å²) in [6.07, 6.45) is 2.28. The van der Waals surface area contributed by atoms with Crippen LogP contribution in [0.5, 0.6) is 0 Å². The van der Waals surface area contributed by atoms with E-state index in [1.807, 2.05) is 17.8 Å². The topological polar surface area (TPSA) is 20.3 Å². The summed E-state index contributed by atoms with van der Waals surface area (Å²) in [5.74, 6) is 1.31. The largest absolute Gasteiger partial charge is 0.338 e. The Morgan fingerprint density at radius 1 is 1.44 bits per heavy atom. The monoisotopic (exact) mass is 325 g/mol. The molecule has 1 fully saturated rings. The summed E-state index contributed by atoms with van der Waals surface area (Å²) >= 11 is 5.34. The van der Waals surface area contributed by atoms with Crippen molar-refractivity contribution in [2.24, 2.45) is 0 Å². The highest BCUT2D eigenvalue weighted by atomic mass is 79.9. The Balaban J connectivity index is 1.82. The fourth-order valence-electron chi connectivity index (χ4n) is 2.85. The average Bonchev–Trinajstić information content (AvgIpc) is 3.04. The molecule has 2 aliphatic heterocycles. The Kier molecular flexibility index (Phi) is 3.66. The first-order chi connectivity index (χ1) is 8.81. The summed E-state index contributed by atoms with van der Waals surface area (Å²) in [5, 5.41) is 0.903. The fourth-order valence-corrected chi connectivity index (χ4v) is 4.75. The summed E-state index contributed by atoms with van der Waals surface area (Å²) in [5.41, 5.74) is 1.23. The minimum absolute atomic E-state index is 0.0749. The molecule has 0 aromatic heterocycles. The van der Waals surface area contributed by atoms with Gasteiger partial charge in [0.2, 0.25) is 5.91 Å². The smallest absolute Gasteiger partial charge is 0.231 e. The van der Waals surface area contributed by atoms with Gasteiger partial charge in [0.05, 0.1) is 5.92 Å². The van der Waals surface area contributed by atoms with E-state index in [2.05, 4.69) is 39.0 Å². The number of carbonyl (C=O) groups is 1. The van der Waals surface area contributed by atoms with Crippen molar-refractivity contribution in [1.82, 2.24) is 4.90 Å². The number of halogens is 1. The van der Waals surface area contributed by atoms with Crippen LogP contribution in [0.25, 0.3) is 0 Å². The third kappa shape index (κ3) is 2.10. The van der Waals surface area contributed by atoms with E-state index in [9.17, 15) is 4.79 Å². The Bertz CT molecular complexity index is 465. The van der Waals surface area contributed by atoms with Crippen LogP contribution in [-0.2, 0) is 4.79 Å². The molecule has 18 heavy (non-hydrogen) atoms. The van der Waals surface area contributed by atoms with E-state index in [0.717, 1.165) is 30.5 Å². The summed E-state index contributed by atoms with van der Waals surface area (Å²) in [4.78, 5) is 16.0. The van der Waals surface area contributed by atoms with Gasteiger partial charge in [-0.25, -0.2) is 0 Å². The number of alkyl halides is 1. The summed E-state index contributed by atoms with van der Waals surface area (Å²) in [6, 6.07) is 8.72. The number of carbonyl (C=O) groups excluding carboxylic acids is 1. The number of fused-ring (bicyclic) bond motifs is 1. The SMILES string of the molecule is O=C(C1CSc2ccccc21)N1CCCC1CBr. The van der Waals surface area contributed by atoms with Crippen LogP contribution in [0.4, 0.5) is 0 Å². The highest BCUT2D eigenvalue weighted by Gasteiger charge is 2.36. The van der Waals surface area contributed by atoms with Crippen LogP contribution in [0.1, 0.15) is 24.3 Å². The standard InChI is InChI=1S/C14H16BrNOS/c15-8-10-4-3-7-16(10)14(17)12-9-18-13-6-2-1-5-11(12)13/h1-2,5-6,10,12H,3-4,7-9H2. The van der Waals surface area contributed by atoms with Crippen LogP contribution in [-0.4, -0.2) is 34.5 Å². The first-order valence-electron chi connectivity index (χ1n) is 6.39. The van der Waals surface area contributed by atoms with Crippen LogP contribution < -0.4 is 0 Å². The maximum absolute atomic E-state index is 12.7. The molecular weight excluding hydrogens is 310 g/mol. The maximum atomic E-state index is 12.7. The zero-order valence-corrected chi connectivity index (χ0v) is 12.5. The molecule has 0 saturated carbocycles. The summed E-state index contributed by atoms with van der Waals surface area (Å²) in [6.45, 7) is 0.929.